The topological polar surface area (TPSA) is 64.3 Å². The van der Waals surface area contributed by atoms with Crippen LogP contribution >= 0.6 is 0 Å². The third-order valence-electron chi connectivity index (χ3n) is 1.93. The van der Waals surface area contributed by atoms with Crippen molar-refractivity contribution in [3.05, 3.63) is 29.6 Å². The van der Waals surface area contributed by atoms with Crippen molar-refractivity contribution >= 4 is 5.91 Å². The molecule has 3 N–H and O–H groups in total. The highest BCUT2D eigenvalue weighted by Crippen LogP contribution is 2.16. The number of primary amides is 1. The van der Waals surface area contributed by atoms with E-state index in [0.717, 1.165) is 5.56 Å². The summed E-state index contributed by atoms with van der Waals surface area (Å²) in [4.78, 5) is 10.5. The van der Waals surface area contributed by atoms with E-state index < -0.39 is 5.91 Å². The van der Waals surface area contributed by atoms with Gasteiger partial charge in [-0.15, -0.1) is 0 Å². The van der Waals surface area contributed by atoms with Gasteiger partial charge in [0, 0.05) is 12.6 Å². The minimum atomic E-state index is -0.438. The fraction of sp³-hybridized carbons (Fsp3) is 0.364. The molecule has 16 heavy (non-hydrogen) atoms. The summed E-state index contributed by atoms with van der Waals surface area (Å²) in [6, 6.07) is 4.43. The lowest BCUT2D eigenvalue weighted by Crippen LogP contribution is -2.14. The number of hydrogen-bond acceptors (Lipinski definition) is 3. The Balaban J connectivity index is 2.61. The number of ether oxygens (including phenoxy) is 1. The van der Waals surface area contributed by atoms with Gasteiger partial charge in [-0.25, -0.2) is 4.39 Å². The Labute approximate surface area is 93.6 Å². The zero-order chi connectivity index (χ0) is 12.0. The molecule has 0 spiro atoms. The molecule has 0 aromatic heterocycles. The van der Waals surface area contributed by atoms with Crippen LogP contribution in [-0.2, 0) is 11.3 Å². The van der Waals surface area contributed by atoms with Crippen molar-refractivity contribution in [3.63, 3.8) is 0 Å². The minimum Gasteiger partial charge on any atom is -0.493 e. The minimum absolute atomic E-state index is 0.123. The molecule has 0 heterocycles. The summed E-state index contributed by atoms with van der Waals surface area (Å²) < 4.78 is 18.4. The summed E-state index contributed by atoms with van der Waals surface area (Å²) in [5, 5.41) is 2.92. The van der Waals surface area contributed by atoms with Gasteiger partial charge in [-0.1, -0.05) is 0 Å². The van der Waals surface area contributed by atoms with Crippen molar-refractivity contribution in [2.24, 2.45) is 5.73 Å². The van der Waals surface area contributed by atoms with Crippen LogP contribution in [0, 0.1) is 5.82 Å². The van der Waals surface area contributed by atoms with Gasteiger partial charge in [-0.2, -0.15) is 0 Å². The molecule has 1 rings (SSSR count). The van der Waals surface area contributed by atoms with Crippen molar-refractivity contribution in [1.82, 2.24) is 5.32 Å². The molecule has 0 aliphatic carbocycles. The predicted octanol–water partition coefficient (Wildman–Crippen LogP) is 0.799. The number of halogens is 1. The van der Waals surface area contributed by atoms with Crippen LogP contribution in [0.4, 0.5) is 4.39 Å². The van der Waals surface area contributed by atoms with E-state index in [1.165, 1.54) is 12.1 Å². The number of benzene rings is 1. The maximum absolute atomic E-state index is 13.1. The van der Waals surface area contributed by atoms with Crippen LogP contribution in [0.1, 0.15) is 12.0 Å². The average molecular weight is 226 g/mol. The number of hydrogen-bond donors (Lipinski definition) is 2. The molecule has 0 aliphatic heterocycles. The quantitative estimate of drug-likeness (QED) is 0.754. The molecule has 1 aromatic carbocycles. The Bertz CT molecular complexity index is 369. The second-order valence-electron chi connectivity index (χ2n) is 3.39. The van der Waals surface area contributed by atoms with Crippen molar-refractivity contribution in [3.8, 4) is 5.75 Å². The van der Waals surface area contributed by atoms with E-state index in [0.29, 0.717) is 12.3 Å². The van der Waals surface area contributed by atoms with Crippen LogP contribution in [0.15, 0.2) is 18.2 Å². The normalized spacial score (nSPS) is 10.1. The Kier molecular flexibility index (Phi) is 4.72. The van der Waals surface area contributed by atoms with E-state index in [1.807, 2.05) is 0 Å². The van der Waals surface area contributed by atoms with Crippen LogP contribution in [0.5, 0.6) is 5.75 Å². The molecule has 1 aromatic rings. The monoisotopic (exact) mass is 226 g/mol. The first-order chi connectivity index (χ1) is 7.61. The lowest BCUT2D eigenvalue weighted by Gasteiger charge is -2.07. The lowest BCUT2D eigenvalue weighted by atomic mass is 10.2. The Morgan fingerprint density at radius 1 is 1.50 bits per heavy atom. The predicted molar refractivity (Wildman–Crippen MR) is 58.5 cm³/mol. The van der Waals surface area contributed by atoms with Crippen LogP contribution in [0.2, 0.25) is 0 Å². The fourth-order valence-electron chi connectivity index (χ4n) is 1.28. The standard InChI is InChI=1S/C11H15FN2O2/c1-14-7-8-4-9(12)6-10(5-8)16-3-2-11(13)15/h4-6,14H,2-3,7H2,1H3,(H2,13,15). The molecule has 0 unspecified atom stereocenters. The zero-order valence-electron chi connectivity index (χ0n) is 9.13. The highest BCUT2D eigenvalue weighted by molar-refractivity contribution is 5.73. The smallest absolute Gasteiger partial charge is 0.220 e. The van der Waals surface area contributed by atoms with Crippen molar-refractivity contribution in [2.45, 2.75) is 13.0 Å². The summed E-state index contributed by atoms with van der Waals surface area (Å²) in [6.45, 7) is 0.724. The molecule has 0 radical (unpaired) electrons. The van der Waals surface area contributed by atoms with E-state index in [4.69, 9.17) is 10.5 Å². The lowest BCUT2D eigenvalue weighted by molar-refractivity contribution is -0.118. The van der Waals surface area contributed by atoms with Gasteiger partial charge in [0.05, 0.1) is 13.0 Å². The van der Waals surface area contributed by atoms with Crippen molar-refractivity contribution in [2.75, 3.05) is 13.7 Å². The number of nitrogens with two attached hydrogens (primary N) is 1. The Morgan fingerprint density at radius 3 is 2.88 bits per heavy atom. The first kappa shape index (κ1) is 12.4. The van der Waals surface area contributed by atoms with E-state index in [9.17, 15) is 9.18 Å². The molecule has 0 aliphatic rings. The van der Waals surface area contributed by atoms with Gasteiger partial charge < -0.3 is 15.8 Å². The van der Waals surface area contributed by atoms with Crippen molar-refractivity contribution < 1.29 is 13.9 Å². The Morgan fingerprint density at radius 2 is 2.25 bits per heavy atom. The first-order valence-corrected chi connectivity index (χ1v) is 4.97. The molecule has 4 nitrogen and oxygen atoms in total. The molecule has 0 fully saturated rings. The number of carbonyl (C=O) groups excluding carboxylic acids is 1. The fourth-order valence-corrected chi connectivity index (χ4v) is 1.28. The average Bonchev–Trinajstić information content (AvgIpc) is 2.16. The SMILES string of the molecule is CNCc1cc(F)cc(OCCC(N)=O)c1. The van der Waals surface area contributed by atoms with Gasteiger partial charge in [0.2, 0.25) is 5.91 Å². The second-order valence-corrected chi connectivity index (χ2v) is 3.39. The number of rotatable bonds is 6. The highest BCUT2D eigenvalue weighted by Gasteiger charge is 2.02. The zero-order valence-corrected chi connectivity index (χ0v) is 9.13. The third-order valence-corrected chi connectivity index (χ3v) is 1.93. The van der Waals surface area contributed by atoms with Crippen LogP contribution < -0.4 is 15.8 Å². The van der Waals surface area contributed by atoms with Gasteiger partial charge in [0.25, 0.3) is 0 Å². The van der Waals surface area contributed by atoms with Gasteiger partial charge in [0.15, 0.2) is 0 Å². The van der Waals surface area contributed by atoms with Crippen molar-refractivity contribution in [1.29, 1.82) is 0 Å². The summed E-state index contributed by atoms with van der Waals surface area (Å²) >= 11 is 0. The number of amides is 1. The van der Waals surface area contributed by atoms with E-state index in [2.05, 4.69) is 5.32 Å². The van der Waals surface area contributed by atoms with Gasteiger partial charge >= 0.3 is 0 Å². The summed E-state index contributed by atoms with van der Waals surface area (Å²) in [7, 11) is 1.78. The number of carbonyl (C=O) groups is 1. The molecule has 0 atom stereocenters. The third kappa shape index (κ3) is 4.27. The second kappa shape index (κ2) is 6.07. The highest BCUT2D eigenvalue weighted by atomic mass is 19.1. The van der Waals surface area contributed by atoms with Gasteiger partial charge in [-0.05, 0) is 24.7 Å². The molecule has 88 valence electrons. The summed E-state index contributed by atoms with van der Waals surface area (Å²) in [5.41, 5.74) is 5.75. The maximum Gasteiger partial charge on any atom is 0.220 e. The first-order valence-electron chi connectivity index (χ1n) is 4.97. The molecular weight excluding hydrogens is 211 g/mol. The Hall–Kier alpha value is -1.62. The van der Waals surface area contributed by atoms with Crippen LogP contribution in [-0.4, -0.2) is 19.6 Å². The number of nitrogens with one attached hydrogen (secondary N) is 1. The van der Waals surface area contributed by atoms with Gasteiger partial charge in [0.1, 0.15) is 11.6 Å². The molecule has 1 amide bonds. The molecule has 5 heteroatoms. The molecule has 0 saturated carbocycles. The maximum atomic E-state index is 13.1. The summed E-state index contributed by atoms with van der Waals surface area (Å²) in [6.07, 6.45) is 0.123. The van der Waals surface area contributed by atoms with E-state index in [-0.39, 0.29) is 18.8 Å². The van der Waals surface area contributed by atoms with Gasteiger partial charge in [-0.3, -0.25) is 4.79 Å². The molecular formula is C11H15FN2O2. The van der Waals surface area contributed by atoms with Crippen LogP contribution in [0.3, 0.4) is 0 Å². The van der Waals surface area contributed by atoms with E-state index in [1.54, 1.807) is 13.1 Å². The van der Waals surface area contributed by atoms with E-state index >= 15 is 0 Å². The molecule has 0 bridgehead atoms. The van der Waals surface area contributed by atoms with Crippen LogP contribution in [0.25, 0.3) is 0 Å². The largest absolute Gasteiger partial charge is 0.493 e. The molecule has 0 saturated heterocycles. The summed E-state index contributed by atoms with van der Waals surface area (Å²) in [5.74, 6) is -0.389.